The third-order valence-corrected chi connectivity index (χ3v) is 5.80. The van der Waals surface area contributed by atoms with Crippen molar-refractivity contribution in [2.75, 3.05) is 52.2 Å². The molecule has 1 saturated heterocycles. The van der Waals surface area contributed by atoms with Crippen molar-refractivity contribution in [1.82, 2.24) is 19.4 Å². The van der Waals surface area contributed by atoms with E-state index in [9.17, 15) is 0 Å². The molecule has 0 bridgehead atoms. The molecule has 0 spiro atoms. The van der Waals surface area contributed by atoms with E-state index >= 15 is 0 Å². The molecular formula is C22H30N6O2. The third-order valence-electron chi connectivity index (χ3n) is 5.80. The second-order valence-corrected chi connectivity index (χ2v) is 7.61. The van der Waals surface area contributed by atoms with Crippen LogP contribution in [0.25, 0.3) is 22.2 Å². The van der Waals surface area contributed by atoms with E-state index in [1.54, 1.807) is 13.4 Å². The molecule has 0 aliphatic carbocycles. The standard InChI is InChI=1S/C22H30N6O2/c1-29-18-4-2-16(3-5-18)19-14-28(22-20(19)21(24)25-15-26-22)17-6-9-27(10-7-17)11-13-30-12-8-23/h2-5,14-15,17H,6-13,23H2,1H3,(H2,24,25,26). The van der Waals surface area contributed by atoms with Gasteiger partial charge in [0.15, 0.2) is 0 Å². The van der Waals surface area contributed by atoms with E-state index in [2.05, 4.69) is 25.6 Å². The highest BCUT2D eigenvalue weighted by molar-refractivity contribution is 6.00. The molecule has 3 heterocycles. The molecule has 160 valence electrons. The minimum Gasteiger partial charge on any atom is -0.497 e. The average Bonchev–Trinajstić information content (AvgIpc) is 3.18. The smallest absolute Gasteiger partial charge is 0.146 e. The van der Waals surface area contributed by atoms with Gasteiger partial charge < -0.3 is 30.4 Å². The molecule has 2 aromatic heterocycles. The lowest BCUT2D eigenvalue weighted by Crippen LogP contribution is -2.36. The normalized spacial score (nSPS) is 15.7. The number of aromatic nitrogens is 3. The van der Waals surface area contributed by atoms with Crippen molar-refractivity contribution in [2.24, 2.45) is 5.73 Å². The predicted octanol–water partition coefficient (Wildman–Crippen LogP) is 2.30. The molecule has 0 radical (unpaired) electrons. The van der Waals surface area contributed by atoms with E-state index < -0.39 is 0 Å². The molecule has 0 unspecified atom stereocenters. The summed E-state index contributed by atoms with van der Waals surface area (Å²) in [5, 5.41) is 0.917. The summed E-state index contributed by atoms with van der Waals surface area (Å²) in [5.41, 5.74) is 14.8. The molecule has 4 N–H and O–H groups in total. The van der Waals surface area contributed by atoms with Crippen LogP contribution in [0.2, 0.25) is 0 Å². The summed E-state index contributed by atoms with van der Waals surface area (Å²) in [5.74, 6) is 1.34. The minimum atomic E-state index is 0.384. The average molecular weight is 411 g/mol. The maximum Gasteiger partial charge on any atom is 0.146 e. The highest BCUT2D eigenvalue weighted by Crippen LogP contribution is 2.36. The fourth-order valence-electron chi connectivity index (χ4n) is 4.18. The van der Waals surface area contributed by atoms with Crippen LogP contribution >= 0.6 is 0 Å². The number of piperidine rings is 1. The molecule has 4 rings (SSSR count). The Labute approximate surface area is 176 Å². The number of nitrogens with zero attached hydrogens (tertiary/aromatic N) is 4. The van der Waals surface area contributed by atoms with Gasteiger partial charge in [-0.1, -0.05) is 12.1 Å². The van der Waals surface area contributed by atoms with Crippen molar-refractivity contribution >= 4 is 16.9 Å². The van der Waals surface area contributed by atoms with Gasteiger partial charge in [0, 0.05) is 44.0 Å². The van der Waals surface area contributed by atoms with Crippen LogP contribution in [0.5, 0.6) is 5.75 Å². The quantitative estimate of drug-likeness (QED) is 0.549. The fraction of sp³-hybridized carbons (Fsp3) is 0.455. The van der Waals surface area contributed by atoms with Gasteiger partial charge in [-0.2, -0.15) is 0 Å². The van der Waals surface area contributed by atoms with E-state index in [0.717, 1.165) is 67.0 Å². The Bertz CT molecular complexity index is 964. The van der Waals surface area contributed by atoms with Gasteiger partial charge >= 0.3 is 0 Å². The van der Waals surface area contributed by atoms with Crippen molar-refractivity contribution in [2.45, 2.75) is 18.9 Å². The molecule has 1 aliphatic heterocycles. The first-order chi connectivity index (χ1) is 14.7. The van der Waals surface area contributed by atoms with Crippen molar-refractivity contribution < 1.29 is 9.47 Å². The van der Waals surface area contributed by atoms with E-state index in [-0.39, 0.29) is 0 Å². The molecule has 30 heavy (non-hydrogen) atoms. The Hall–Kier alpha value is -2.68. The summed E-state index contributed by atoms with van der Waals surface area (Å²) in [4.78, 5) is 11.3. The number of hydrogen-bond acceptors (Lipinski definition) is 7. The molecule has 8 nitrogen and oxygen atoms in total. The van der Waals surface area contributed by atoms with Crippen LogP contribution in [0.15, 0.2) is 36.8 Å². The second kappa shape index (κ2) is 9.42. The molecule has 0 atom stereocenters. The van der Waals surface area contributed by atoms with Gasteiger partial charge in [0.25, 0.3) is 0 Å². The number of likely N-dealkylation sites (tertiary alicyclic amines) is 1. The summed E-state index contributed by atoms with van der Waals surface area (Å²) in [6.45, 7) is 4.96. The molecule has 3 aromatic rings. The highest BCUT2D eigenvalue weighted by Gasteiger charge is 2.24. The van der Waals surface area contributed by atoms with E-state index in [1.165, 1.54) is 0 Å². The lowest BCUT2D eigenvalue weighted by Gasteiger charge is -2.32. The Morgan fingerprint density at radius 2 is 1.87 bits per heavy atom. The first-order valence-corrected chi connectivity index (χ1v) is 10.5. The van der Waals surface area contributed by atoms with Crippen LogP contribution in [0.1, 0.15) is 18.9 Å². The maximum atomic E-state index is 6.27. The Balaban J connectivity index is 1.56. The zero-order valence-corrected chi connectivity index (χ0v) is 17.5. The summed E-state index contributed by atoms with van der Waals surface area (Å²) in [7, 11) is 1.67. The number of fused-ring (bicyclic) bond motifs is 1. The van der Waals surface area contributed by atoms with E-state index in [1.807, 2.05) is 24.3 Å². The molecule has 1 aromatic carbocycles. The lowest BCUT2D eigenvalue weighted by molar-refractivity contribution is 0.0939. The Morgan fingerprint density at radius 3 is 2.57 bits per heavy atom. The van der Waals surface area contributed by atoms with Crippen LogP contribution in [0.4, 0.5) is 5.82 Å². The van der Waals surface area contributed by atoms with Crippen molar-refractivity contribution in [3.8, 4) is 16.9 Å². The third kappa shape index (κ3) is 4.26. The first-order valence-electron chi connectivity index (χ1n) is 10.5. The first kappa shape index (κ1) is 20.6. The number of rotatable bonds is 8. The number of nitrogens with two attached hydrogens (primary N) is 2. The van der Waals surface area contributed by atoms with Crippen molar-refractivity contribution in [3.63, 3.8) is 0 Å². The van der Waals surface area contributed by atoms with Gasteiger partial charge in [0.2, 0.25) is 0 Å². The Kier molecular flexibility index (Phi) is 6.47. The molecule has 8 heteroatoms. The topological polar surface area (TPSA) is 104 Å². The van der Waals surface area contributed by atoms with Gasteiger partial charge in [-0.15, -0.1) is 0 Å². The molecule has 0 amide bonds. The molecule has 0 saturated carbocycles. The van der Waals surface area contributed by atoms with Gasteiger partial charge in [-0.3, -0.25) is 0 Å². The highest BCUT2D eigenvalue weighted by atomic mass is 16.5. The lowest BCUT2D eigenvalue weighted by atomic mass is 10.0. The van der Waals surface area contributed by atoms with Crippen LogP contribution in [-0.2, 0) is 4.74 Å². The summed E-state index contributed by atoms with van der Waals surface area (Å²) in [6, 6.07) is 8.41. The van der Waals surface area contributed by atoms with Gasteiger partial charge in [0.05, 0.1) is 25.7 Å². The van der Waals surface area contributed by atoms with Gasteiger partial charge in [-0.25, -0.2) is 9.97 Å². The van der Waals surface area contributed by atoms with Gasteiger partial charge in [-0.05, 0) is 30.5 Å². The largest absolute Gasteiger partial charge is 0.497 e. The monoisotopic (exact) mass is 410 g/mol. The van der Waals surface area contributed by atoms with Gasteiger partial charge in [0.1, 0.15) is 23.5 Å². The van der Waals surface area contributed by atoms with E-state index in [0.29, 0.717) is 25.0 Å². The number of anilines is 1. The number of ether oxygens (including phenoxy) is 2. The second-order valence-electron chi connectivity index (χ2n) is 7.61. The SMILES string of the molecule is COc1ccc(-c2cn(C3CCN(CCOCCN)CC3)c3ncnc(N)c23)cc1. The Morgan fingerprint density at radius 1 is 1.10 bits per heavy atom. The number of benzene rings is 1. The van der Waals surface area contributed by atoms with Crippen molar-refractivity contribution in [1.29, 1.82) is 0 Å². The molecule has 1 aliphatic rings. The number of methoxy groups -OCH3 is 1. The van der Waals surface area contributed by atoms with Crippen LogP contribution in [-0.4, -0.2) is 65.9 Å². The maximum absolute atomic E-state index is 6.27. The molecular weight excluding hydrogens is 380 g/mol. The van der Waals surface area contributed by atoms with Crippen LogP contribution < -0.4 is 16.2 Å². The summed E-state index contributed by atoms with van der Waals surface area (Å²) in [6.07, 6.45) is 5.86. The van der Waals surface area contributed by atoms with E-state index in [4.69, 9.17) is 20.9 Å². The number of nitrogen functional groups attached to an aromatic ring is 1. The predicted molar refractivity (Wildman–Crippen MR) is 119 cm³/mol. The minimum absolute atomic E-state index is 0.384. The fourth-order valence-corrected chi connectivity index (χ4v) is 4.18. The zero-order valence-electron chi connectivity index (χ0n) is 17.5. The number of hydrogen-bond donors (Lipinski definition) is 2. The van der Waals surface area contributed by atoms with Crippen molar-refractivity contribution in [3.05, 3.63) is 36.8 Å². The van der Waals surface area contributed by atoms with Crippen LogP contribution in [0.3, 0.4) is 0 Å². The summed E-state index contributed by atoms with van der Waals surface area (Å²) < 4.78 is 13.1. The summed E-state index contributed by atoms with van der Waals surface area (Å²) >= 11 is 0. The molecule has 1 fully saturated rings. The zero-order chi connectivity index (χ0) is 20.9. The van der Waals surface area contributed by atoms with Crippen LogP contribution in [0, 0.1) is 0 Å².